The zero-order valence-electron chi connectivity index (χ0n) is 11.4. The van der Waals surface area contributed by atoms with Gasteiger partial charge in [0.1, 0.15) is 0 Å². The monoisotopic (exact) mass is 314 g/mol. The highest BCUT2D eigenvalue weighted by Gasteiger charge is 2.24. The van der Waals surface area contributed by atoms with Crippen LogP contribution in [0.5, 0.6) is 0 Å². The highest BCUT2D eigenvalue weighted by Crippen LogP contribution is 2.20. The smallest absolute Gasteiger partial charge is 0.337 e. The van der Waals surface area contributed by atoms with Crippen molar-refractivity contribution in [3.63, 3.8) is 0 Å². The van der Waals surface area contributed by atoms with Gasteiger partial charge >= 0.3 is 5.97 Å². The van der Waals surface area contributed by atoms with Crippen LogP contribution in [0.25, 0.3) is 0 Å². The van der Waals surface area contributed by atoms with Gasteiger partial charge in [0, 0.05) is 18.8 Å². The standard InChI is InChI=1S/C13H18N2O5S/c14-10-3-4-12(11(6-10)13(16)17)21(18,19)15-7-9-2-1-5-20-8-9/h3-4,6,9,15H,1-2,5,7-8,14H2,(H,16,17). The van der Waals surface area contributed by atoms with Crippen molar-refractivity contribution < 1.29 is 23.1 Å². The Morgan fingerprint density at radius 2 is 2.24 bits per heavy atom. The molecule has 1 unspecified atom stereocenters. The number of sulfonamides is 1. The number of aromatic carboxylic acids is 1. The molecule has 1 aliphatic heterocycles. The second-order valence-electron chi connectivity index (χ2n) is 5.00. The lowest BCUT2D eigenvalue weighted by molar-refractivity contribution is 0.0567. The molecule has 7 nitrogen and oxygen atoms in total. The van der Waals surface area contributed by atoms with E-state index in [1.807, 2.05) is 0 Å². The van der Waals surface area contributed by atoms with Crippen LogP contribution in [0.1, 0.15) is 23.2 Å². The van der Waals surface area contributed by atoms with Crippen molar-refractivity contribution in [1.82, 2.24) is 4.72 Å². The molecule has 0 bridgehead atoms. The lowest BCUT2D eigenvalue weighted by Crippen LogP contribution is -2.34. The number of carbonyl (C=O) groups is 1. The molecule has 1 saturated heterocycles. The zero-order chi connectivity index (χ0) is 15.5. The van der Waals surface area contributed by atoms with E-state index in [0.29, 0.717) is 13.2 Å². The van der Waals surface area contributed by atoms with Gasteiger partial charge in [0.05, 0.1) is 17.1 Å². The second-order valence-corrected chi connectivity index (χ2v) is 6.73. The number of carboxylic acid groups (broad SMARTS) is 1. The highest BCUT2D eigenvalue weighted by molar-refractivity contribution is 7.89. The summed E-state index contributed by atoms with van der Waals surface area (Å²) in [7, 11) is -3.89. The first-order valence-corrected chi connectivity index (χ1v) is 8.08. The predicted molar refractivity (Wildman–Crippen MR) is 76.5 cm³/mol. The van der Waals surface area contributed by atoms with Gasteiger partial charge < -0.3 is 15.6 Å². The normalized spacial score (nSPS) is 19.3. The third-order valence-electron chi connectivity index (χ3n) is 3.34. The SMILES string of the molecule is Nc1ccc(S(=O)(=O)NCC2CCCOC2)c(C(=O)O)c1. The fourth-order valence-electron chi connectivity index (χ4n) is 2.22. The zero-order valence-corrected chi connectivity index (χ0v) is 12.2. The minimum Gasteiger partial charge on any atom is -0.478 e. The van der Waals surface area contributed by atoms with Crippen LogP contribution in [-0.2, 0) is 14.8 Å². The van der Waals surface area contributed by atoms with E-state index in [0.717, 1.165) is 18.9 Å². The Balaban J connectivity index is 2.17. The molecule has 4 N–H and O–H groups in total. The van der Waals surface area contributed by atoms with Gasteiger partial charge in [-0.15, -0.1) is 0 Å². The number of anilines is 1. The fraction of sp³-hybridized carbons (Fsp3) is 0.462. The average molecular weight is 314 g/mol. The number of benzene rings is 1. The van der Waals surface area contributed by atoms with E-state index >= 15 is 0 Å². The highest BCUT2D eigenvalue weighted by atomic mass is 32.2. The molecule has 1 aromatic rings. The van der Waals surface area contributed by atoms with Crippen LogP contribution in [0.2, 0.25) is 0 Å². The summed E-state index contributed by atoms with van der Waals surface area (Å²) in [4.78, 5) is 10.9. The minimum absolute atomic E-state index is 0.107. The molecule has 8 heteroatoms. The molecular formula is C13H18N2O5S. The summed E-state index contributed by atoms with van der Waals surface area (Å²) >= 11 is 0. The number of rotatable bonds is 5. The van der Waals surface area contributed by atoms with E-state index < -0.39 is 16.0 Å². The van der Waals surface area contributed by atoms with Crippen molar-refractivity contribution in [2.45, 2.75) is 17.7 Å². The number of nitrogens with one attached hydrogen (secondary N) is 1. The summed E-state index contributed by atoms with van der Waals surface area (Å²) in [6.07, 6.45) is 1.78. The molecule has 0 amide bonds. The fourth-order valence-corrected chi connectivity index (χ4v) is 3.52. The quantitative estimate of drug-likeness (QED) is 0.687. The third kappa shape index (κ3) is 3.93. The van der Waals surface area contributed by atoms with Crippen LogP contribution >= 0.6 is 0 Å². The van der Waals surface area contributed by atoms with E-state index in [-0.39, 0.29) is 28.6 Å². The maximum Gasteiger partial charge on any atom is 0.337 e. The number of ether oxygens (including phenoxy) is 1. The number of hydrogen-bond donors (Lipinski definition) is 3. The van der Waals surface area contributed by atoms with Gasteiger partial charge in [-0.05, 0) is 37.0 Å². The molecule has 1 aromatic carbocycles. The first kappa shape index (κ1) is 15.7. The first-order chi connectivity index (χ1) is 9.90. The van der Waals surface area contributed by atoms with Crippen molar-refractivity contribution >= 4 is 21.7 Å². The summed E-state index contributed by atoms with van der Waals surface area (Å²) in [5, 5.41) is 9.10. The Bertz CT molecular complexity index is 623. The van der Waals surface area contributed by atoms with E-state index in [4.69, 9.17) is 15.6 Å². The van der Waals surface area contributed by atoms with Crippen LogP contribution in [0.3, 0.4) is 0 Å². The molecule has 1 fully saturated rings. The molecule has 0 aromatic heterocycles. The van der Waals surface area contributed by atoms with Crippen LogP contribution in [0.15, 0.2) is 23.1 Å². The largest absolute Gasteiger partial charge is 0.478 e. The molecule has 21 heavy (non-hydrogen) atoms. The van der Waals surface area contributed by atoms with Crippen LogP contribution in [-0.4, -0.2) is 39.3 Å². The summed E-state index contributed by atoms with van der Waals surface area (Å²) in [6, 6.07) is 3.71. The average Bonchev–Trinajstić information content (AvgIpc) is 2.46. The molecule has 1 aliphatic rings. The number of hydrogen-bond acceptors (Lipinski definition) is 5. The molecular weight excluding hydrogens is 296 g/mol. The number of carboxylic acids is 1. The Hall–Kier alpha value is -1.64. The van der Waals surface area contributed by atoms with Gasteiger partial charge in [-0.1, -0.05) is 0 Å². The van der Waals surface area contributed by atoms with Crippen molar-refractivity contribution in [3.8, 4) is 0 Å². The second kappa shape index (κ2) is 6.42. The van der Waals surface area contributed by atoms with E-state index in [1.54, 1.807) is 0 Å². The molecule has 0 radical (unpaired) electrons. The maximum absolute atomic E-state index is 12.3. The first-order valence-electron chi connectivity index (χ1n) is 6.60. The summed E-state index contributed by atoms with van der Waals surface area (Å²) in [6.45, 7) is 1.44. The van der Waals surface area contributed by atoms with Crippen molar-refractivity contribution in [2.75, 3.05) is 25.5 Å². The van der Waals surface area contributed by atoms with Crippen molar-refractivity contribution in [2.24, 2.45) is 5.92 Å². The van der Waals surface area contributed by atoms with Gasteiger partial charge in [0.2, 0.25) is 10.0 Å². The van der Waals surface area contributed by atoms with E-state index in [2.05, 4.69) is 4.72 Å². The molecule has 0 spiro atoms. The molecule has 1 heterocycles. The summed E-state index contributed by atoms with van der Waals surface area (Å²) in [5.41, 5.74) is 5.37. The lowest BCUT2D eigenvalue weighted by Gasteiger charge is -2.22. The van der Waals surface area contributed by atoms with Crippen molar-refractivity contribution in [3.05, 3.63) is 23.8 Å². The Kier molecular flexibility index (Phi) is 4.81. The number of nitrogens with two attached hydrogens (primary N) is 1. The molecule has 116 valence electrons. The maximum atomic E-state index is 12.3. The third-order valence-corrected chi connectivity index (χ3v) is 4.82. The van der Waals surface area contributed by atoms with Crippen LogP contribution < -0.4 is 10.5 Å². The molecule has 2 rings (SSSR count). The molecule has 0 aliphatic carbocycles. The number of nitrogen functional groups attached to an aromatic ring is 1. The summed E-state index contributed by atoms with van der Waals surface area (Å²) < 4.78 is 32.2. The van der Waals surface area contributed by atoms with E-state index in [9.17, 15) is 13.2 Å². The van der Waals surface area contributed by atoms with E-state index in [1.165, 1.54) is 12.1 Å². The van der Waals surface area contributed by atoms with Crippen LogP contribution in [0.4, 0.5) is 5.69 Å². The van der Waals surface area contributed by atoms with Crippen LogP contribution in [0, 0.1) is 5.92 Å². The molecule has 0 saturated carbocycles. The Morgan fingerprint density at radius 3 is 2.86 bits per heavy atom. The Morgan fingerprint density at radius 1 is 1.48 bits per heavy atom. The lowest BCUT2D eigenvalue weighted by atomic mass is 10.0. The van der Waals surface area contributed by atoms with Crippen molar-refractivity contribution in [1.29, 1.82) is 0 Å². The predicted octanol–water partition coefficient (Wildman–Crippen LogP) is 0.672. The van der Waals surface area contributed by atoms with Gasteiger partial charge in [0.15, 0.2) is 0 Å². The van der Waals surface area contributed by atoms with Gasteiger partial charge in [-0.3, -0.25) is 0 Å². The Labute approximate surface area is 123 Å². The van der Waals surface area contributed by atoms with Gasteiger partial charge in [-0.25, -0.2) is 17.9 Å². The topological polar surface area (TPSA) is 119 Å². The van der Waals surface area contributed by atoms with Gasteiger partial charge in [0.25, 0.3) is 0 Å². The summed E-state index contributed by atoms with van der Waals surface area (Å²) in [5.74, 6) is -1.22. The molecule has 1 atom stereocenters. The minimum atomic E-state index is -3.89. The van der Waals surface area contributed by atoms with Gasteiger partial charge in [-0.2, -0.15) is 0 Å².